The predicted molar refractivity (Wildman–Crippen MR) is 66.3 cm³/mol. The Morgan fingerprint density at radius 2 is 2.00 bits per heavy atom. The van der Waals surface area contributed by atoms with Crippen molar-refractivity contribution in [3.05, 3.63) is 35.9 Å². The van der Waals surface area contributed by atoms with Crippen molar-refractivity contribution in [1.82, 2.24) is 5.32 Å². The van der Waals surface area contributed by atoms with Crippen LogP contribution in [0.1, 0.15) is 25.8 Å². The van der Waals surface area contributed by atoms with Gasteiger partial charge in [0.1, 0.15) is 0 Å². The highest BCUT2D eigenvalue weighted by molar-refractivity contribution is 5.15. The lowest BCUT2D eigenvalue weighted by molar-refractivity contribution is -0.0979. The molecule has 0 amide bonds. The molecule has 1 aromatic rings. The monoisotopic (exact) mass is 219 g/mol. The van der Waals surface area contributed by atoms with Crippen molar-refractivity contribution in [1.29, 1.82) is 0 Å². The van der Waals surface area contributed by atoms with Gasteiger partial charge in [-0.1, -0.05) is 44.2 Å². The van der Waals surface area contributed by atoms with Crippen LogP contribution in [0, 0.1) is 5.41 Å². The van der Waals surface area contributed by atoms with Gasteiger partial charge in [-0.05, 0) is 12.0 Å². The van der Waals surface area contributed by atoms with Crippen LogP contribution in [0.5, 0.6) is 0 Å². The van der Waals surface area contributed by atoms with Crippen molar-refractivity contribution < 1.29 is 4.74 Å². The average Bonchev–Trinajstić information content (AvgIpc) is 2.29. The van der Waals surface area contributed by atoms with E-state index in [1.165, 1.54) is 5.56 Å². The molecule has 2 nitrogen and oxygen atoms in total. The zero-order valence-corrected chi connectivity index (χ0v) is 10.4. The van der Waals surface area contributed by atoms with Crippen molar-refractivity contribution in [2.45, 2.75) is 39.0 Å². The summed E-state index contributed by atoms with van der Waals surface area (Å²) in [5.74, 6) is 0. The van der Waals surface area contributed by atoms with Gasteiger partial charge < -0.3 is 10.1 Å². The van der Waals surface area contributed by atoms with E-state index in [1.54, 1.807) is 7.11 Å². The van der Waals surface area contributed by atoms with Crippen LogP contribution in [0.25, 0.3) is 0 Å². The maximum atomic E-state index is 5.44. The fourth-order valence-corrected chi connectivity index (χ4v) is 2.47. The molecule has 1 saturated carbocycles. The van der Waals surface area contributed by atoms with Gasteiger partial charge in [-0.3, -0.25) is 0 Å². The van der Waals surface area contributed by atoms with E-state index in [9.17, 15) is 0 Å². The second kappa shape index (κ2) is 4.56. The van der Waals surface area contributed by atoms with Crippen molar-refractivity contribution in [3.63, 3.8) is 0 Å². The Hall–Kier alpha value is -0.860. The second-order valence-electron chi connectivity index (χ2n) is 5.20. The van der Waals surface area contributed by atoms with E-state index >= 15 is 0 Å². The van der Waals surface area contributed by atoms with E-state index < -0.39 is 0 Å². The highest BCUT2D eigenvalue weighted by atomic mass is 16.5. The summed E-state index contributed by atoms with van der Waals surface area (Å²) in [7, 11) is 1.81. The average molecular weight is 219 g/mol. The van der Waals surface area contributed by atoms with E-state index in [2.05, 4.69) is 49.5 Å². The third-order valence-electron chi connectivity index (χ3n) is 3.86. The molecule has 2 atom stereocenters. The maximum absolute atomic E-state index is 5.44. The standard InChI is InChI=1S/C14H21NO/c1-14(2)12(9-13(14)16-3)15-10-11-7-5-4-6-8-11/h4-8,12-13,15H,9-10H2,1-3H3. The number of hydrogen-bond acceptors (Lipinski definition) is 2. The molecule has 0 saturated heterocycles. The number of benzene rings is 1. The molecular weight excluding hydrogens is 198 g/mol. The Balaban J connectivity index is 1.85. The lowest BCUT2D eigenvalue weighted by Crippen LogP contribution is -2.60. The Labute approximate surface area is 98.0 Å². The Bertz CT molecular complexity index is 334. The highest BCUT2D eigenvalue weighted by Gasteiger charge is 2.48. The molecule has 0 bridgehead atoms. The first-order chi connectivity index (χ1) is 7.64. The van der Waals surface area contributed by atoms with Crippen molar-refractivity contribution in [2.75, 3.05) is 7.11 Å². The predicted octanol–water partition coefficient (Wildman–Crippen LogP) is 2.59. The second-order valence-corrected chi connectivity index (χ2v) is 5.20. The van der Waals surface area contributed by atoms with E-state index in [1.807, 2.05) is 0 Å². The van der Waals surface area contributed by atoms with Crippen molar-refractivity contribution in [3.8, 4) is 0 Å². The van der Waals surface area contributed by atoms with Crippen LogP contribution in [0.2, 0.25) is 0 Å². The molecule has 2 unspecified atom stereocenters. The Kier molecular flexibility index (Phi) is 3.31. The van der Waals surface area contributed by atoms with Gasteiger partial charge in [-0.25, -0.2) is 0 Å². The molecule has 88 valence electrons. The van der Waals surface area contributed by atoms with Gasteiger partial charge in [0.15, 0.2) is 0 Å². The largest absolute Gasteiger partial charge is 0.381 e. The molecule has 0 radical (unpaired) electrons. The first kappa shape index (κ1) is 11.6. The molecule has 1 N–H and O–H groups in total. The lowest BCUT2D eigenvalue weighted by Gasteiger charge is -2.51. The summed E-state index contributed by atoms with van der Waals surface area (Å²) in [6.45, 7) is 5.49. The highest BCUT2D eigenvalue weighted by Crippen LogP contribution is 2.42. The molecule has 0 spiro atoms. The number of methoxy groups -OCH3 is 1. The van der Waals surface area contributed by atoms with Gasteiger partial charge in [0.05, 0.1) is 6.10 Å². The molecular formula is C14H21NO. The quantitative estimate of drug-likeness (QED) is 0.840. The molecule has 1 aliphatic carbocycles. The molecule has 1 aromatic carbocycles. The summed E-state index contributed by atoms with van der Waals surface area (Å²) in [6, 6.07) is 11.1. The minimum atomic E-state index is 0.254. The van der Waals surface area contributed by atoms with Crippen molar-refractivity contribution in [2.24, 2.45) is 5.41 Å². The topological polar surface area (TPSA) is 21.3 Å². The minimum absolute atomic E-state index is 0.254. The van der Waals surface area contributed by atoms with Gasteiger partial charge in [-0.2, -0.15) is 0 Å². The molecule has 1 aliphatic rings. The smallest absolute Gasteiger partial charge is 0.0652 e. The third-order valence-corrected chi connectivity index (χ3v) is 3.86. The van der Waals surface area contributed by atoms with E-state index in [0.717, 1.165) is 13.0 Å². The van der Waals surface area contributed by atoms with E-state index in [-0.39, 0.29) is 5.41 Å². The fraction of sp³-hybridized carbons (Fsp3) is 0.571. The fourth-order valence-electron chi connectivity index (χ4n) is 2.47. The summed E-state index contributed by atoms with van der Waals surface area (Å²) in [5, 5.41) is 3.61. The SMILES string of the molecule is COC1CC(NCc2ccccc2)C1(C)C. The summed E-state index contributed by atoms with van der Waals surface area (Å²) < 4.78 is 5.44. The molecule has 16 heavy (non-hydrogen) atoms. The third kappa shape index (κ3) is 2.13. The van der Waals surface area contributed by atoms with Gasteiger partial charge in [0.2, 0.25) is 0 Å². The Morgan fingerprint density at radius 1 is 1.31 bits per heavy atom. The van der Waals surface area contributed by atoms with Crippen LogP contribution in [0.4, 0.5) is 0 Å². The molecule has 2 heteroatoms. The number of ether oxygens (including phenoxy) is 1. The summed E-state index contributed by atoms with van der Waals surface area (Å²) in [4.78, 5) is 0. The van der Waals surface area contributed by atoms with Crippen molar-refractivity contribution >= 4 is 0 Å². The summed E-state index contributed by atoms with van der Waals surface area (Å²) in [5.41, 5.74) is 1.60. The van der Waals surface area contributed by atoms with E-state index in [4.69, 9.17) is 4.74 Å². The maximum Gasteiger partial charge on any atom is 0.0652 e. The van der Waals surface area contributed by atoms with Crippen LogP contribution in [-0.2, 0) is 11.3 Å². The molecule has 2 rings (SSSR count). The minimum Gasteiger partial charge on any atom is -0.381 e. The normalized spacial score (nSPS) is 27.4. The molecule has 0 heterocycles. The van der Waals surface area contributed by atoms with E-state index in [0.29, 0.717) is 12.1 Å². The van der Waals surface area contributed by atoms with Gasteiger partial charge in [-0.15, -0.1) is 0 Å². The van der Waals surface area contributed by atoms with Crippen LogP contribution in [0.15, 0.2) is 30.3 Å². The van der Waals surface area contributed by atoms with Crippen LogP contribution in [0.3, 0.4) is 0 Å². The van der Waals surface area contributed by atoms with Crippen LogP contribution in [-0.4, -0.2) is 19.3 Å². The first-order valence-electron chi connectivity index (χ1n) is 5.94. The Morgan fingerprint density at radius 3 is 2.56 bits per heavy atom. The molecule has 1 fully saturated rings. The van der Waals surface area contributed by atoms with Gasteiger partial charge in [0.25, 0.3) is 0 Å². The van der Waals surface area contributed by atoms with Gasteiger partial charge in [0, 0.05) is 25.1 Å². The zero-order valence-electron chi connectivity index (χ0n) is 10.4. The summed E-state index contributed by atoms with van der Waals surface area (Å²) in [6.07, 6.45) is 1.52. The van der Waals surface area contributed by atoms with Crippen LogP contribution >= 0.6 is 0 Å². The zero-order chi connectivity index (χ0) is 11.6. The number of hydrogen-bond donors (Lipinski definition) is 1. The number of rotatable bonds is 4. The summed E-state index contributed by atoms with van der Waals surface area (Å²) >= 11 is 0. The first-order valence-corrected chi connectivity index (χ1v) is 5.94. The van der Waals surface area contributed by atoms with Crippen LogP contribution < -0.4 is 5.32 Å². The molecule has 0 aliphatic heterocycles. The lowest BCUT2D eigenvalue weighted by atomic mass is 9.64. The van der Waals surface area contributed by atoms with Gasteiger partial charge >= 0.3 is 0 Å². The number of nitrogens with one attached hydrogen (secondary N) is 1. The molecule has 0 aromatic heterocycles.